The van der Waals surface area contributed by atoms with Crippen LogP contribution in [0.4, 0.5) is 0 Å². The SMILES string of the molecule is CNC1COc2c(C)ccc(C(C)C)c21. The highest BCUT2D eigenvalue weighted by molar-refractivity contribution is 5.51. The molecule has 1 unspecified atom stereocenters. The molecule has 2 heteroatoms. The van der Waals surface area contributed by atoms with E-state index < -0.39 is 0 Å². The minimum absolute atomic E-state index is 0.359. The Morgan fingerprint density at radius 2 is 2.13 bits per heavy atom. The van der Waals surface area contributed by atoms with Gasteiger partial charge in [0, 0.05) is 5.56 Å². The van der Waals surface area contributed by atoms with E-state index in [0.29, 0.717) is 12.0 Å². The van der Waals surface area contributed by atoms with Gasteiger partial charge < -0.3 is 10.1 Å². The molecule has 15 heavy (non-hydrogen) atoms. The Morgan fingerprint density at radius 3 is 2.73 bits per heavy atom. The van der Waals surface area contributed by atoms with Crippen LogP contribution in [-0.4, -0.2) is 13.7 Å². The zero-order valence-corrected chi connectivity index (χ0v) is 9.92. The van der Waals surface area contributed by atoms with Crippen LogP contribution in [0.2, 0.25) is 0 Å². The quantitative estimate of drug-likeness (QED) is 0.801. The van der Waals surface area contributed by atoms with Gasteiger partial charge in [-0.25, -0.2) is 0 Å². The van der Waals surface area contributed by atoms with Crippen molar-refractivity contribution >= 4 is 0 Å². The molecular weight excluding hydrogens is 186 g/mol. The van der Waals surface area contributed by atoms with Crippen LogP contribution in [0, 0.1) is 6.92 Å². The fourth-order valence-corrected chi connectivity index (χ4v) is 2.26. The van der Waals surface area contributed by atoms with Gasteiger partial charge in [0.1, 0.15) is 12.4 Å². The molecule has 1 aliphatic heterocycles. The summed E-state index contributed by atoms with van der Waals surface area (Å²) < 4.78 is 5.76. The van der Waals surface area contributed by atoms with Gasteiger partial charge in [0.2, 0.25) is 0 Å². The maximum atomic E-state index is 5.76. The zero-order valence-electron chi connectivity index (χ0n) is 9.92. The molecule has 1 aromatic carbocycles. The first-order valence-corrected chi connectivity index (χ1v) is 5.58. The fourth-order valence-electron chi connectivity index (χ4n) is 2.26. The number of hydrogen-bond donors (Lipinski definition) is 1. The summed E-state index contributed by atoms with van der Waals surface area (Å²) in [7, 11) is 2.00. The Morgan fingerprint density at radius 1 is 1.40 bits per heavy atom. The lowest BCUT2D eigenvalue weighted by Gasteiger charge is -2.16. The third-order valence-electron chi connectivity index (χ3n) is 3.14. The van der Waals surface area contributed by atoms with E-state index in [1.165, 1.54) is 16.7 Å². The molecule has 82 valence electrons. The largest absolute Gasteiger partial charge is 0.491 e. The van der Waals surface area contributed by atoms with Crippen molar-refractivity contribution in [2.24, 2.45) is 0 Å². The van der Waals surface area contributed by atoms with E-state index in [2.05, 4.69) is 38.2 Å². The lowest BCUT2D eigenvalue weighted by Crippen LogP contribution is -2.18. The summed E-state index contributed by atoms with van der Waals surface area (Å²) in [6.45, 7) is 7.34. The molecule has 1 heterocycles. The van der Waals surface area contributed by atoms with E-state index in [-0.39, 0.29) is 0 Å². The van der Waals surface area contributed by atoms with Crippen molar-refractivity contribution in [3.63, 3.8) is 0 Å². The monoisotopic (exact) mass is 205 g/mol. The molecule has 1 aliphatic rings. The van der Waals surface area contributed by atoms with Gasteiger partial charge in [0.25, 0.3) is 0 Å². The lowest BCUT2D eigenvalue weighted by molar-refractivity contribution is 0.316. The summed E-state index contributed by atoms with van der Waals surface area (Å²) in [4.78, 5) is 0. The molecule has 2 nitrogen and oxygen atoms in total. The first-order chi connectivity index (χ1) is 7.15. The predicted molar refractivity (Wildman–Crippen MR) is 62.6 cm³/mol. The number of benzene rings is 1. The minimum Gasteiger partial charge on any atom is -0.491 e. The number of fused-ring (bicyclic) bond motifs is 1. The summed E-state index contributed by atoms with van der Waals surface area (Å²) in [5, 5.41) is 3.32. The highest BCUT2D eigenvalue weighted by Crippen LogP contribution is 2.40. The molecule has 0 bridgehead atoms. The van der Waals surface area contributed by atoms with Crippen molar-refractivity contribution in [2.45, 2.75) is 32.7 Å². The minimum atomic E-state index is 0.359. The second-order valence-corrected chi connectivity index (χ2v) is 4.52. The Bertz CT molecular complexity index is 371. The second-order valence-electron chi connectivity index (χ2n) is 4.52. The average molecular weight is 205 g/mol. The van der Waals surface area contributed by atoms with Gasteiger partial charge in [-0.05, 0) is 31.0 Å². The Balaban J connectivity index is 2.56. The zero-order chi connectivity index (χ0) is 11.0. The van der Waals surface area contributed by atoms with Crippen molar-refractivity contribution in [1.29, 1.82) is 0 Å². The summed E-state index contributed by atoms with van der Waals surface area (Å²) in [5.41, 5.74) is 4.02. The average Bonchev–Trinajstić information content (AvgIpc) is 2.62. The summed E-state index contributed by atoms with van der Waals surface area (Å²) in [6.07, 6.45) is 0. The molecule has 1 aromatic rings. The highest BCUT2D eigenvalue weighted by atomic mass is 16.5. The van der Waals surface area contributed by atoms with Gasteiger partial charge in [0.05, 0.1) is 6.04 Å². The van der Waals surface area contributed by atoms with Gasteiger partial charge in [0.15, 0.2) is 0 Å². The summed E-state index contributed by atoms with van der Waals surface area (Å²) in [5.74, 6) is 1.65. The van der Waals surface area contributed by atoms with Crippen molar-refractivity contribution in [1.82, 2.24) is 5.32 Å². The number of hydrogen-bond acceptors (Lipinski definition) is 2. The van der Waals surface area contributed by atoms with Crippen LogP contribution in [0.5, 0.6) is 5.75 Å². The third-order valence-corrected chi connectivity index (χ3v) is 3.14. The molecule has 0 radical (unpaired) electrons. The molecule has 0 saturated carbocycles. The normalized spacial score (nSPS) is 19.1. The molecular formula is C13H19NO. The van der Waals surface area contributed by atoms with Crippen molar-refractivity contribution < 1.29 is 4.74 Å². The first-order valence-electron chi connectivity index (χ1n) is 5.58. The van der Waals surface area contributed by atoms with Crippen LogP contribution < -0.4 is 10.1 Å². The van der Waals surface area contributed by atoms with Crippen LogP contribution in [-0.2, 0) is 0 Å². The smallest absolute Gasteiger partial charge is 0.127 e. The van der Waals surface area contributed by atoms with Gasteiger partial charge in [-0.15, -0.1) is 0 Å². The molecule has 0 saturated heterocycles. The Kier molecular flexibility index (Phi) is 2.70. The van der Waals surface area contributed by atoms with Crippen molar-refractivity contribution in [3.05, 3.63) is 28.8 Å². The molecule has 0 aromatic heterocycles. The van der Waals surface area contributed by atoms with Crippen LogP contribution in [0.25, 0.3) is 0 Å². The van der Waals surface area contributed by atoms with Gasteiger partial charge >= 0.3 is 0 Å². The summed E-state index contributed by atoms with van der Waals surface area (Å²) >= 11 is 0. The maximum absolute atomic E-state index is 5.76. The van der Waals surface area contributed by atoms with Crippen molar-refractivity contribution in [2.75, 3.05) is 13.7 Å². The molecule has 0 aliphatic carbocycles. The van der Waals surface area contributed by atoms with Gasteiger partial charge in [-0.1, -0.05) is 26.0 Å². The standard InChI is InChI=1S/C13H19NO/c1-8(2)10-6-5-9(3)13-12(10)11(14-4)7-15-13/h5-6,8,11,14H,7H2,1-4H3. The molecule has 0 fully saturated rings. The van der Waals surface area contributed by atoms with E-state index in [4.69, 9.17) is 4.74 Å². The van der Waals surface area contributed by atoms with E-state index in [1.54, 1.807) is 0 Å². The van der Waals surface area contributed by atoms with Crippen LogP contribution in [0.3, 0.4) is 0 Å². The molecule has 2 rings (SSSR count). The molecule has 0 amide bonds. The maximum Gasteiger partial charge on any atom is 0.127 e. The molecule has 0 spiro atoms. The number of likely N-dealkylation sites (N-methyl/N-ethyl adjacent to an activating group) is 1. The summed E-state index contributed by atoms with van der Waals surface area (Å²) in [6, 6.07) is 4.75. The highest BCUT2D eigenvalue weighted by Gasteiger charge is 2.27. The Labute approximate surface area is 91.6 Å². The second kappa shape index (κ2) is 3.86. The van der Waals surface area contributed by atoms with Gasteiger partial charge in [-0.3, -0.25) is 0 Å². The third kappa shape index (κ3) is 1.63. The number of aryl methyl sites for hydroxylation is 1. The molecule has 1 atom stereocenters. The number of nitrogens with one attached hydrogen (secondary N) is 1. The van der Waals surface area contributed by atoms with E-state index in [1.807, 2.05) is 7.05 Å². The van der Waals surface area contributed by atoms with Crippen LogP contribution >= 0.6 is 0 Å². The van der Waals surface area contributed by atoms with Crippen LogP contribution in [0.15, 0.2) is 12.1 Å². The van der Waals surface area contributed by atoms with E-state index in [0.717, 1.165) is 12.4 Å². The van der Waals surface area contributed by atoms with Gasteiger partial charge in [-0.2, -0.15) is 0 Å². The Hall–Kier alpha value is -1.02. The van der Waals surface area contributed by atoms with E-state index in [9.17, 15) is 0 Å². The molecule has 1 N–H and O–H groups in total. The van der Waals surface area contributed by atoms with Crippen molar-refractivity contribution in [3.8, 4) is 5.75 Å². The van der Waals surface area contributed by atoms with Crippen LogP contribution in [0.1, 0.15) is 42.5 Å². The lowest BCUT2D eigenvalue weighted by atomic mass is 9.92. The van der Waals surface area contributed by atoms with E-state index >= 15 is 0 Å². The fraction of sp³-hybridized carbons (Fsp3) is 0.538. The number of rotatable bonds is 2. The topological polar surface area (TPSA) is 21.3 Å². The predicted octanol–water partition coefficient (Wildman–Crippen LogP) is 2.77. The first kappa shape index (κ1) is 10.5. The number of ether oxygens (including phenoxy) is 1.